The van der Waals surface area contributed by atoms with Gasteiger partial charge in [0.2, 0.25) is 0 Å². The minimum Gasteiger partial charge on any atom is -0.478 e. The highest BCUT2D eigenvalue weighted by Gasteiger charge is 2.28. The van der Waals surface area contributed by atoms with Crippen molar-refractivity contribution in [3.05, 3.63) is 36.5 Å². The second kappa shape index (κ2) is 8.04. The molecule has 6 nitrogen and oxygen atoms in total. The number of carboxylic acid groups (broad SMARTS) is 1. The van der Waals surface area contributed by atoms with E-state index in [-0.39, 0.29) is 23.3 Å². The first-order chi connectivity index (χ1) is 9.57. The maximum absolute atomic E-state index is 11.6. The van der Waals surface area contributed by atoms with Crippen LogP contribution in [-0.2, 0) is 23.9 Å². The molecule has 0 spiro atoms. The third-order valence-corrected chi connectivity index (χ3v) is 2.72. The van der Waals surface area contributed by atoms with Crippen LogP contribution in [0.15, 0.2) is 36.5 Å². The highest BCUT2D eigenvalue weighted by Crippen LogP contribution is 2.18. The molecule has 116 valence electrons. The van der Waals surface area contributed by atoms with Crippen molar-refractivity contribution in [1.82, 2.24) is 0 Å². The fraction of sp³-hybridized carbons (Fsp3) is 0.400. The molecule has 1 N–H and O–H groups in total. The van der Waals surface area contributed by atoms with Crippen LogP contribution in [0, 0.1) is 5.92 Å². The van der Waals surface area contributed by atoms with Crippen molar-refractivity contribution in [2.24, 2.45) is 5.92 Å². The van der Waals surface area contributed by atoms with Crippen LogP contribution >= 0.6 is 0 Å². The van der Waals surface area contributed by atoms with E-state index in [1.54, 1.807) is 0 Å². The van der Waals surface area contributed by atoms with Gasteiger partial charge in [-0.3, -0.25) is 0 Å². The van der Waals surface area contributed by atoms with Gasteiger partial charge in [-0.25, -0.2) is 14.4 Å². The maximum atomic E-state index is 11.6. The Morgan fingerprint density at radius 3 is 1.90 bits per heavy atom. The van der Waals surface area contributed by atoms with Gasteiger partial charge in [-0.15, -0.1) is 0 Å². The molecule has 0 aliphatic heterocycles. The quantitative estimate of drug-likeness (QED) is 0.543. The first-order valence-corrected chi connectivity index (χ1v) is 6.19. The van der Waals surface area contributed by atoms with E-state index in [1.165, 1.54) is 20.8 Å². The van der Waals surface area contributed by atoms with E-state index >= 15 is 0 Å². The van der Waals surface area contributed by atoms with Crippen LogP contribution in [0.3, 0.4) is 0 Å². The van der Waals surface area contributed by atoms with E-state index in [4.69, 9.17) is 14.6 Å². The van der Waals surface area contributed by atoms with E-state index in [9.17, 15) is 14.4 Å². The average molecular weight is 296 g/mol. The number of ether oxygens (including phenoxy) is 2. The van der Waals surface area contributed by atoms with Gasteiger partial charge in [0.05, 0.1) is 0 Å². The predicted octanol–water partition coefficient (Wildman–Crippen LogP) is 1.87. The number of esters is 2. The molecule has 0 radical (unpaired) electrons. The van der Waals surface area contributed by atoms with Crippen molar-refractivity contribution in [3.63, 3.8) is 0 Å². The monoisotopic (exact) mass is 296 g/mol. The first kappa shape index (κ1) is 18.6. The Morgan fingerprint density at radius 1 is 1.05 bits per heavy atom. The summed E-state index contributed by atoms with van der Waals surface area (Å²) in [6.07, 6.45) is -0.971. The van der Waals surface area contributed by atoms with Gasteiger partial charge in [0.1, 0.15) is 12.7 Å². The number of hydrogen-bond acceptors (Lipinski definition) is 5. The maximum Gasteiger partial charge on any atom is 0.333 e. The smallest absolute Gasteiger partial charge is 0.333 e. The second-order valence-electron chi connectivity index (χ2n) is 4.72. The molecule has 0 fully saturated rings. The Hall–Kier alpha value is -2.37. The second-order valence-corrected chi connectivity index (χ2v) is 4.72. The SMILES string of the molecule is C=C(C)C(=O)OCC(OC(=O)C(=C)C)C(C)C(=C)C(=O)O. The van der Waals surface area contributed by atoms with Gasteiger partial charge in [-0.05, 0) is 13.8 Å². The zero-order valence-corrected chi connectivity index (χ0v) is 12.5. The van der Waals surface area contributed by atoms with Crippen LogP contribution in [0.5, 0.6) is 0 Å². The van der Waals surface area contributed by atoms with Crippen LogP contribution in [0.25, 0.3) is 0 Å². The van der Waals surface area contributed by atoms with Gasteiger partial charge < -0.3 is 14.6 Å². The third kappa shape index (κ3) is 6.07. The standard InChI is InChI=1S/C15H20O6/c1-8(2)14(18)20-7-12(21-15(19)9(3)4)10(5)11(6)13(16)17/h10,12H,1,3,6-7H2,2,4-5H3,(H,16,17). The molecule has 0 rings (SSSR count). The Bertz CT molecular complexity index is 488. The number of hydrogen-bond donors (Lipinski definition) is 1. The lowest BCUT2D eigenvalue weighted by Gasteiger charge is -2.24. The summed E-state index contributed by atoms with van der Waals surface area (Å²) >= 11 is 0. The Balaban J connectivity index is 5.00. The van der Waals surface area contributed by atoms with Gasteiger partial charge in [0.15, 0.2) is 0 Å². The van der Waals surface area contributed by atoms with Gasteiger partial charge in [0, 0.05) is 22.6 Å². The summed E-state index contributed by atoms with van der Waals surface area (Å²) in [4.78, 5) is 33.9. The number of rotatable bonds is 8. The lowest BCUT2D eigenvalue weighted by atomic mass is 9.96. The zero-order valence-electron chi connectivity index (χ0n) is 12.5. The van der Waals surface area contributed by atoms with Gasteiger partial charge >= 0.3 is 17.9 Å². The molecule has 2 atom stereocenters. The highest BCUT2D eigenvalue weighted by molar-refractivity contribution is 5.88. The molecule has 0 aromatic carbocycles. The van der Waals surface area contributed by atoms with Crippen LogP contribution in [0.2, 0.25) is 0 Å². The lowest BCUT2D eigenvalue weighted by Crippen LogP contribution is -2.33. The Kier molecular flexibility index (Phi) is 7.13. The lowest BCUT2D eigenvalue weighted by molar-refractivity contribution is -0.156. The van der Waals surface area contributed by atoms with Gasteiger partial charge in [-0.2, -0.15) is 0 Å². The fourth-order valence-electron chi connectivity index (χ4n) is 1.22. The molecule has 0 amide bonds. The molecule has 0 aromatic rings. The minimum absolute atomic E-state index is 0.152. The molecule has 21 heavy (non-hydrogen) atoms. The molecular formula is C15H20O6. The van der Waals surface area contributed by atoms with Gasteiger partial charge in [0.25, 0.3) is 0 Å². The van der Waals surface area contributed by atoms with E-state index in [2.05, 4.69) is 19.7 Å². The van der Waals surface area contributed by atoms with Crippen LogP contribution in [0.1, 0.15) is 20.8 Å². The van der Waals surface area contributed by atoms with E-state index in [1.807, 2.05) is 0 Å². The molecule has 6 heteroatoms. The van der Waals surface area contributed by atoms with E-state index in [0.717, 1.165) is 0 Å². The predicted molar refractivity (Wildman–Crippen MR) is 76.4 cm³/mol. The highest BCUT2D eigenvalue weighted by atomic mass is 16.6. The van der Waals surface area contributed by atoms with Crippen molar-refractivity contribution in [3.8, 4) is 0 Å². The van der Waals surface area contributed by atoms with Gasteiger partial charge in [-0.1, -0.05) is 26.7 Å². The molecule has 0 aliphatic rings. The summed E-state index contributed by atoms with van der Waals surface area (Å²) in [5.41, 5.74) is 0.185. The molecule has 0 saturated carbocycles. The summed E-state index contributed by atoms with van der Waals surface area (Å²) in [6.45, 7) is 14.4. The third-order valence-electron chi connectivity index (χ3n) is 2.72. The molecule has 0 saturated heterocycles. The largest absolute Gasteiger partial charge is 0.478 e. The summed E-state index contributed by atoms with van der Waals surface area (Å²) in [5.74, 6) is -3.30. The number of carboxylic acids is 1. The Labute approximate surface area is 123 Å². The summed E-state index contributed by atoms with van der Waals surface area (Å²) in [7, 11) is 0. The van der Waals surface area contributed by atoms with Crippen molar-refractivity contribution in [1.29, 1.82) is 0 Å². The summed E-state index contributed by atoms with van der Waals surface area (Å²) in [5, 5.41) is 8.93. The van der Waals surface area contributed by atoms with Crippen molar-refractivity contribution >= 4 is 17.9 Å². The van der Waals surface area contributed by atoms with Crippen molar-refractivity contribution < 1.29 is 29.0 Å². The molecular weight excluding hydrogens is 276 g/mol. The molecule has 0 bridgehead atoms. The summed E-state index contributed by atoms with van der Waals surface area (Å²) in [6, 6.07) is 0. The van der Waals surface area contributed by atoms with Crippen LogP contribution < -0.4 is 0 Å². The van der Waals surface area contributed by atoms with E-state index in [0.29, 0.717) is 0 Å². The van der Waals surface area contributed by atoms with Crippen LogP contribution in [0.4, 0.5) is 0 Å². The zero-order chi connectivity index (χ0) is 16.7. The Morgan fingerprint density at radius 2 is 1.52 bits per heavy atom. The first-order valence-electron chi connectivity index (χ1n) is 6.19. The molecule has 0 heterocycles. The normalized spacial score (nSPS) is 12.7. The topological polar surface area (TPSA) is 89.9 Å². The van der Waals surface area contributed by atoms with Crippen molar-refractivity contribution in [2.75, 3.05) is 6.61 Å². The molecule has 2 unspecified atom stereocenters. The molecule has 0 aliphatic carbocycles. The number of aliphatic carboxylic acids is 1. The van der Waals surface area contributed by atoms with Crippen LogP contribution in [-0.4, -0.2) is 35.7 Å². The van der Waals surface area contributed by atoms with Crippen molar-refractivity contribution in [2.45, 2.75) is 26.9 Å². The summed E-state index contributed by atoms with van der Waals surface area (Å²) < 4.78 is 10.0. The number of carbonyl (C=O) groups excluding carboxylic acids is 2. The average Bonchev–Trinajstić information content (AvgIpc) is 2.40. The van der Waals surface area contributed by atoms with E-state index < -0.39 is 29.9 Å². The molecule has 0 aromatic heterocycles. The number of carbonyl (C=O) groups is 3. The fourth-order valence-corrected chi connectivity index (χ4v) is 1.22. The minimum atomic E-state index is -1.22.